The van der Waals surface area contributed by atoms with Crippen molar-refractivity contribution in [3.05, 3.63) is 18.1 Å². The van der Waals surface area contributed by atoms with E-state index in [4.69, 9.17) is 5.73 Å². The van der Waals surface area contributed by atoms with Crippen molar-refractivity contribution in [1.29, 1.82) is 0 Å². The van der Waals surface area contributed by atoms with E-state index in [1.54, 1.807) is 12.4 Å². The van der Waals surface area contributed by atoms with Crippen molar-refractivity contribution in [2.24, 2.45) is 0 Å². The Bertz CT molecular complexity index is 291. The first kappa shape index (κ1) is 9.40. The van der Waals surface area contributed by atoms with Crippen LogP contribution < -0.4 is 5.73 Å². The summed E-state index contributed by atoms with van der Waals surface area (Å²) in [5, 5.41) is 9.36. The molecule has 1 aliphatic rings. The lowest BCUT2D eigenvalue weighted by atomic mass is 9.85. The van der Waals surface area contributed by atoms with Gasteiger partial charge in [0.05, 0.1) is 24.2 Å². The van der Waals surface area contributed by atoms with Crippen LogP contribution in [0.1, 0.15) is 37.3 Å². The van der Waals surface area contributed by atoms with Crippen LogP contribution >= 0.6 is 0 Å². The van der Waals surface area contributed by atoms with Gasteiger partial charge in [0.2, 0.25) is 0 Å². The van der Waals surface area contributed by atoms with Gasteiger partial charge in [0.1, 0.15) is 5.82 Å². The lowest BCUT2D eigenvalue weighted by Crippen LogP contribution is -2.17. The van der Waals surface area contributed by atoms with Crippen molar-refractivity contribution in [2.75, 3.05) is 5.73 Å². The molecule has 4 heteroatoms. The Morgan fingerprint density at radius 1 is 1.14 bits per heavy atom. The van der Waals surface area contributed by atoms with Crippen molar-refractivity contribution in [3.8, 4) is 0 Å². The van der Waals surface area contributed by atoms with Gasteiger partial charge < -0.3 is 10.8 Å². The van der Waals surface area contributed by atoms with Crippen LogP contribution in [0.4, 0.5) is 5.82 Å². The molecule has 2 rings (SSSR count). The molecule has 1 saturated carbocycles. The summed E-state index contributed by atoms with van der Waals surface area (Å²) < 4.78 is 0. The standard InChI is InChI=1S/C10H15N3O/c11-10-6-12-9(5-13-10)7-1-3-8(14)4-2-7/h5-8,14H,1-4H2,(H2,11,13)/t7-,8-. The minimum absolute atomic E-state index is 0.118. The van der Waals surface area contributed by atoms with Gasteiger partial charge in [-0.2, -0.15) is 0 Å². The molecule has 1 aromatic heterocycles. The van der Waals surface area contributed by atoms with E-state index in [1.807, 2.05) is 0 Å². The van der Waals surface area contributed by atoms with E-state index in [2.05, 4.69) is 9.97 Å². The number of aromatic nitrogens is 2. The first-order valence-corrected chi connectivity index (χ1v) is 5.01. The van der Waals surface area contributed by atoms with Gasteiger partial charge in [0.15, 0.2) is 0 Å². The fourth-order valence-electron chi connectivity index (χ4n) is 1.93. The minimum atomic E-state index is -0.118. The molecule has 0 radical (unpaired) electrons. The summed E-state index contributed by atoms with van der Waals surface area (Å²) >= 11 is 0. The Morgan fingerprint density at radius 2 is 1.86 bits per heavy atom. The molecule has 14 heavy (non-hydrogen) atoms. The zero-order chi connectivity index (χ0) is 9.97. The second-order valence-corrected chi connectivity index (χ2v) is 3.87. The average molecular weight is 193 g/mol. The Kier molecular flexibility index (Phi) is 2.63. The van der Waals surface area contributed by atoms with E-state index in [1.165, 1.54) is 0 Å². The quantitative estimate of drug-likeness (QED) is 0.700. The molecule has 0 aromatic carbocycles. The lowest BCUT2D eigenvalue weighted by Gasteiger charge is -2.24. The van der Waals surface area contributed by atoms with Gasteiger partial charge in [-0.05, 0) is 25.7 Å². The summed E-state index contributed by atoms with van der Waals surface area (Å²) in [5.41, 5.74) is 6.47. The van der Waals surface area contributed by atoms with Crippen molar-refractivity contribution < 1.29 is 5.11 Å². The SMILES string of the molecule is Nc1cnc([C@H]2CC[C@H](O)CC2)cn1. The highest BCUT2D eigenvalue weighted by Gasteiger charge is 2.21. The second kappa shape index (κ2) is 3.92. The molecular weight excluding hydrogens is 178 g/mol. The number of aliphatic hydroxyl groups is 1. The third-order valence-electron chi connectivity index (χ3n) is 2.81. The molecule has 0 saturated heterocycles. The molecule has 1 aliphatic carbocycles. The van der Waals surface area contributed by atoms with Gasteiger partial charge in [-0.1, -0.05) is 0 Å². The Labute approximate surface area is 83.2 Å². The molecule has 3 N–H and O–H groups in total. The van der Waals surface area contributed by atoms with Crippen LogP contribution in [0.25, 0.3) is 0 Å². The maximum atomic E-state index is 9.36. The van der Waals surface area contributed by atoms with Crippen LogP contribution in [0.2, 0.25) is 0 Å². The number of hydrogen-bond acceptors (Lipinski definition) is 4. The summed E-state index contributed by atoms with van der Waals surface area (Å²) in [4.78, 5) is 8.28. The number of nitrogens with zero attached hydrogens (tertiary/aromatic N) is 2. The molecule has 0 atom stereocenters. The van der Waals surface area contributed by atoms with Gasteiger partial charge >= 0.3 is 0 Å². The van der Waals surface area contributed by atoms with E-state index < -0.39 is 0 Å². The monoisotopic (exact) mass is 193 g/mol. The van der Waals surface area contributed by atoms with Crippen molar-refractivity contribution >= 4 is 5.82 Å². The molecule has 1 aromatic rings. The largest absolute Gasteiger partial charge is 0.393 e. The highest BCUT2D eigenvalue weighted by atomic mass is 16.3. The van der Waals surface area contributed by atoms with E-state index >= 15 is 0 Å². The van der Waals surface area contributed by atoms with Crippen molar-refractivity contribution in [3.63, 3.8) is 0 Å². The molecule has 0 unspecified atom stereocenters. The molecular formula is C10H15N3O. The third-order valence-corrected chi connectivity index (χ3v) is 2.81. The number of aliphatic hydroxyl groups excluding tert-OH is 1. The Hall–Kier alpha value is -1.16. The molecule has 0 amide bonds. The topological polar surface area (TPSA) is 72.0 Å². The summed E-state index contributed by atoms with van der Waals surface area (Å²) in [6, 6.07) is 0. The predicted molar refractivity (Wildman–Crippen MR) is 53.7 cm³/mol. The van der Waals surface area contributed by atoms with Crippen LogP contribution in [0.5, 0.6) is 0 Å². The molecule has 1 heterocycles. The first-order chi connectivity index (χ1) is 6.75. The first-order valence-electron chi connectivity index (χ1n) is 5.01. The maximum Gasteiger partial charge on any atom is 0.141 e. The van der Waals surface area contributed by atoms with Gasteiger partial charge in [-0.25, -0.2) is 4.98 Å². The van der Waals surface area contributed by atoms with Gasteiger partial charge in [-0.15, -0.1) is 0 Å². The number of nitrogens with two attached hydrogens (primary N) is 1. The van der Waals surface area contributed by atoms with E-state index in [0.717, 1.165) is 31.4 Å². The fraction of sp³-hybridized carbons (Fsp3) is 0.600. The van der Waals surface area contributed by atoms with Gasteiger partial charge in [0.25, 0.3) is 0 Å². The smallest absolute Gasteiger partial charge is 0.141 e. The summed E-state index contributed by atoms with van der Waals surface area (Å²) in [6.45, 7) is 0. The van der Waals surface area contributed by atoms with E-state index in [9.17, 15) is 5.11 Å². The average Bonchev–Trinajstić information content (AvgIpc) is 2.21. The van der Waals surface area contributed by atoms with Crippen LogP contribution in [0.3, 0.4) is 0 Å². The molecule has 0 spiro atoms. The zero-order valence-corrected chi connectivity index (χ0v) is 8.06. The molecule has 0 bridgehead atoms. The van der Waals surface area contributed by atoms with Gasteiger partial charge in [0, 0.05) is 5.92 Å². The van der Waals surface area contributed by atoms with Crippen LogP contribution in [-0.4, -0.2) is 21.2 Å². The Balaban J connectivity index is 2.05. The second-order valence-electron chi connectivity index (χ2n) is 3.87. The minimum Gasteiger partial charge on any atom is -0.393 e. The van der Waals surface area contributed by atoms with Crippen LogP contribution in [0.15, 0.2) is 12.4 Å². The maximum absolute atomic E-state index is 9.36. The van der Waals surface area contributed by atoms with Crippen molar-refractivity contribution in [1.82, 2.24) is 9.97 Å². The van der Waals surface area contributed by atoms with E-state index in [0.29, 0.717) is 11.7 Å². The number of rotatable bonds is 1. The van der Waals surface area contributed by atoms with Crippen molar-refractivity contribution in [2.45, 2.75) is 37.7 Å². The molecule has 1 fully saturated rings. The van der Waals surface area contributed by atoms with Crippen LogP contribution in [-0.2, 0) is 0 Å². The summed E-state index contributed by atoms with van der Waals surface area (Å²) in [6.07, 6.45) is 6.97. The fourth-order valence-corrected chi connectivity index (χ4v) is 1.93. The highest BCUT2D eigenvalue weighted by Crippen LogP contribution is 2.31. The van der Waals surface area contributed by atoms with Crippen LogP contribution in [0, 0.1) is 0 Å². The third kappa shape index (κ3) is 2.01. The number of anilines is 1. The zero-order valence-electron chi connectivity index (χ0n) is 8.06. The number of nitrogen functional groups attached to an aromatic ring is 1. The predicted octanol–water partition coefficient (Wildman–Crippen LogP) is 1.08. The molecule has 4 nitrogen and oxygen atoms in total. The highest BCUT2D eigenvalue weighted by molar-refractivity contribution is 5.23. The molecule has 76 valence electrons. The molecule has 0 aliphatic heterocycles. The van der Waals surface area contributed by atoms with Gasteiger partial charge in [-0.3, -0.25) is 4.98 Å². The number of hydrogen-bond donors (Lipinski definition) is 2. The summed E-state index contributed by atoms with van der Waals surface area (Å²) in [5.74, 6) is 0.913. The summed E-state index contributed by atoms with van der Waals surface area (Å²) in [7, 11) is 0. The Morgan fingerprint density at radius 3 is 2.43 bits per heavy atom. The normalized spacial score (nSPS) is 27.5. The van der Waals surface area contributed by atoms with E-state index in [-0.39, 0.29) is 6.10 Å². The lowest BCUT2D eigenvalue weighted by molar-refractivity contribution is 0.122.